The third-order valence-electron chi connectivity index (χ3n) is 4.15. The van der Waals surface area contributed by atoms with Crippen LogP contribution in [-0.4, -0.2) is 12.6 Å². The van der Waals surface area contributed by atoms with Crippen LogP contribution in [0.3, 0.4) is 0 Å². The van der Waals surface area contributed by atoms with Crippen molar-refractivity contribution in [2.45, 2.75) is 51.7 Å². The van der Waals surface area contributed by atoms with Gasteiger partial charge in [-0.2, -0.15) is 0 Å². The highest BCUT2D eigenvalue weighted by Crippen LogP contribution is 2.29. The average Bonchev–Trinajstić information content (AvgIpc) is 2.53. The van der Waals surface area contributed by atoms with Crippen molar-refractivity contribution in [1.29, 1.82) is 0 Å². The Morgan fingerprint density at radius 2 is 2.24 bits per heavy atom. The fourth-order valence-electron chi connectivity index (χ4n) is 2.88. The van der Waals surface area contributed by atoms with Crippen molar-refractivity contribution >= 4 is 0 Å². The van der Waals surface area contributed by atoms with Crippen molar-refractivity contribution in [3.63, 3.8) is 0 Å². The molecule has 2 N–H and O–H groups in total. The van der Waals surface area contributed by atoms with Crippen LogP contribution in [0.25, 0.3) is 0 Å². The maximum atomic E-state index is 13.6. The second kappa shape index (κ2) is 8.17. The van der Waals surface area contributed by atoms with Crippen molar-refractivity contribution in [3.05, 3.63) is 35.1 Å². The molecule has 114 valence electrons. The van der Waals surface area contributed by atoms with Gasteiger partial charge in [-0.25, -0.2) is 4.39 Å². The summed E-state index contributed by atoms with van der Waals surface area (Å²) < 4.78 is 19.6. The van der Waals surface area contributed by atoms with Gasteiger partial charge >= 0.3 is 0 Å². The van der Waals surface area contributed by atoms with E-state index >= 15 is 0 Å². The molecular formula is C18H24FNO. The average molecular weight is 289 g/mol. The van der Waals surface area contributed by atoms with Crippen LogP contribution in [-0.2, 0) is 11.3 Å². The Morgan fingerprint density at radius 1 is 1.38 bits per heavy atom. The van der Waals surface area contributed by atoms with Crippen LogP contribution < -0.4 is 5.73 Å². The predicted octanol–water partition coefficient (Wildman–Crippen LogP) is 3.62. The summed E-state index contributed by atoms with van der Waals surface area (Å²) >= 11 is 0. The van der Waals surface area contributed by atoms with E-state index in [1.165, 1.54) is 25.3 Å². The maximum absolute atomic E-state index is 13.6. The number of ether oxygens (including phenoxy) is 1. The Bertz CT molecular complexity index is 518. The molecule has 21 heavy (non-hydrogen) atoms. The summed E-state index contributed by atoms with van der Waals surface area (Å²) in [5.74, 6) is 5.94. The zero-order valence-electron chi connectivity index (χ0n) is 12.7. The van der Waals surface area contributed by atoms with Crippen LogP contribution in [0.4, 0.5) is 4.39 Å². The van der Waals surface area contributed by atoms with E-state index < -0.39 is 0 Å². The van der Waals surface area contributed by atoms with E-state index in [0.717, 1.165) is 24.3 Å². The highest BCUT2D eigenvalue weighted by Gasteiger charge is 2.21. The van der Waals surface area contributed by atoms with Gasteiger partial charge in [0.05, 0.1) is 24.8 Å². The molecule has 1 aliphatic rings. The SMILES string of the molecule is CCC1CCCC(OCc2ccc(F)c(C#CCN)c2)C1. The van der Waals surface area contributed by atoms with E-state index in [-0.39, 0.29) is 12.4 Å². The van der Waals surface area contributed by atoms with Crippen LogP contribution in [0.2, 0.25) is 0 Å². The first-order valence-corrected chi connectivity index (χ1v) is 7.82. The van der Waals surface area contributed by atoms with Crippen LogP contribution in [0.1, 0.15) is 50.2 Å². The second-order valence-corrected chi connectivity index (χ2v) is 5.69. The van der Waals surface area contributed by atoms with Gasteiger partial charge in [0.15, 0.2) is 0 Å². The van der Waals surface area contributed by atoms with Gasteiger partial charge in [0.25, 0.3) is 0 Å². The van der Waals surface area contributed by atoms with E-state index in [2.05, 4.69) is 18.8 Å². The van der Waals surface area contributed by atoms with Crippen molar-refractivity contribution in [1.82, 2.24) is 0 Å². The fraction of sp³-hybridized carbons (Fsp3) is 0.556. The summed E-state index contributed by atoms with van der Waals surface area (Å²) in [7, 11) is 0. The summed E-state index contributed by atoms with van der Waals surface area (Å²) in [5.41, 5.74) is 6.69. The third kappa shape index (κ3) is 4.84. The molecule has 1 aliphatic carbocycles. The zero-order valence-corrected chi connectivity index (χ0v) is 12.7. The van der Waals surface area contributed by atoms with Crippen LogP contribution in [0, 0.1) is 23.6 Å². The molecule has 1 aromatic rings. The molecule has 2 unspecified atom stereocenters. The first kappa shape index (κ1) is 16.0. The van der Waals surface area contributed by atoms with Crippen molar-refractivity contribution in [3.8, 4) is 11.8 Å². The van der Waals surface area contributed by atoms with Crippen LogP contribution >= 0.6 is 0 Å². The minimum Gasteiger partial charge on any atom is -0.374 e. The standard InChI is InChI=1S/C18H24FNO/c1-2-14-5-3-7-17(12-14)21-13-15-8-9-18(19)16(11-15)6-4-10-20/h8-9,11,14,17H,2-3,5,7,10,12-13,20H2,1H3. The van der Waals surface area contributed by atoms with Crippen LogP contribution in [0.15, 0.2) is 18.2 Å². The molecule has 2 nitrogen and oxygen atoms in total. The van der Waals surface area contributed by atoms with Gasteiger partial charge < -0.3 is 10.5 Å². The molecular weight excluding hydrogens is 265 g/mol. The molecule has 0 aliphatic heterocycles. The number of hydrogen-bond donors (Lipinski definition) is 1. The smallest absolute Gasteiger partial charge is 0.138 e. The Morgan fingerprint density at radius 3 is 3.00 bits per heavy atom. The normalized spacial score (nSPS) is 21.7. The summed E-state index contributed by atoms with van der Waals surface area (Å²) in [4.78, 5) is 0. The van der Waals surface area contributed by atoms with E-state index in [4.69, 9.17) is 10.5 Å². The predicted molar refractivity (Wildman–Crippen MR) is 83.2 cm³/mol. The zero-order chi connectivity index (χ0) is 15.1. The van der Waals surface area contributed by atoms with Gasteiger partial charge in [-0.15, -0.1) is 0 Å². The molecule has 0 aromatic heterocycles. The molecule has 3 heteroatoms. The van der Waals surface area contributed by atoms with Gasteiger partial charge in [-0.1, -0.05) is 44.1 Å². The highest BCUT2D eigenvalue weighted by molar-refractivity contribution is 5.38. The highest BCUT2D eigenvalue weighted by atomic mass is 19.1. The Kier molecular flexibility index (Phi) is 6.22. The minimum absolute atomic E-state index is 0.237. The summed E-state index contributed by atoms with van der Waals surface area (Å²) in [6.45, 7) is 3.01. The molecule has 1 aromatic carbocycles. The Labute approximate surface area is 126 Å². The Hall–Kier alpha value is -1.37. The molecule has 0 amide bonds. The third-order valence-corrected chi connectivity index (χ3v) is 4.15. The van der Waals surface area contributed by atoms with Gasteiger partial charge in [0.1, 0.15) is 5.82 Å². The minimum atomic E-state index is -0.302. The van der Waals surface area contributed by atoms with Gasteiger partial charge in [-0.3, -0.25) is 0 Å². The van der Waals surface area contributed by atoms with E-state index in [1.54, 1.807) is 12.1 Å². The molecule has 0 saturated heterocycles. The maximum Gasteiger partial charge on any atom is 0.138 e. The fourth-order valence-corrected chi connectivity index (χ4v) is 2.88. The second-order valence-electron chi connectivity index (χ2n) is 5.69. The Balaban J connectivity index is 1.93. The lowest BCUT2D eigenvalue weighted by Gasteiger charge is -2.28. The lowest BCUT2D eigenvalue weighted by molar-refractivity contribution is 0.00174. The van der Waals surface area contributed by atoms with Gasteiger partial charge in [-0.05, 0) is 36.5 Å². The summed E-state index contributed by atoms with van der Waals surface area (Å²) in [6.07, 6.45) is 6.43. The molecule has 0 radical (unpaired) electrons. The topological polar surface area (TPSA) is 35.2 Å². The summed E-state index contributed by atoms with van der Waals surface area (Å²) in [6, 6.07) is 4.98. The molecule has 0 spiro atoms. The number of halogens is 1. The number of rotatable bonds is 4. The van der Waals surface area contributed by atoms with Gasteiger partial charge in [0.2, 0.25) is 0 Å². The molecule has 1 saturated carbocycles. The van der Waals surface area contributed by atoms with E-state index in [9.17, 15) is 4.39 Å². The molecule has 2 rings (SSSR count). The summed E-state index contributed by atoms with van der Waals surface area (Å²) in [5, 5.41) is 0. The number of nitrogens with two attached hydrogens (primary N) is 1. The number of benzene rings is 1. The molecule has 1 fully saturated rings. The van der Waals surface area contributed by atoms with Crippen LogP contribution in [0.5, 0.6) is 0 Å². The monoisotopic (exact) mass is 289 g/mol. The van der Waals surface area contributed by atoms with Crippen molar-refractivity contribution < 1.29 is 9.13 Å². The van der Waals surface area contributed by atoms with Gasteiger partial charge in [0, 0.05) is 0 Å². The van der Waals surface area contributed by atoms with Crippen molar-refractivity contribution in [2.24, 2.45) is 11.7 Å². The first-order valence-electron chi connectivity index (χ1n) is 7.82. The first-order chi connectivity index (χ1) is 10.2. The van der Waals surface area contributed by atoms with E-state index in [0.29, 0.717) is 18.3 Å². The molecule has 0 heterocycles. The lowest BCUT2D eigenvalue weighted by Crippen LogP contribution is -2.22. The molecule has 2 atom stereocenters. The van der Waals surface area contributed by atoms with E-state index in [1.807, 2.05) is 0 Å². The quantitative estimate of drug-likeness (QED) is 0.859. The largest absolute Gasteiger partial charge is 0.374 e. The lowest BCUT2D eigenvalue weighted by atomic mass is 9.85. The van der Waals surface area contributed by atoms with Crippen molar-refractivity contribution in [2.75, 3.05) is 6.54 Å². The number of hydrogen-bond acceptors (Lipinski definition) is 2. The molecule has 0 bridgehead atoms.